The Morgan fingerprint density at radius 1 is 1.44 bits per heavy atom. The molecule has 1 heterocycles. The van der Waals surface area contributed by atoms with Gasteiger partial charge in [0.05, 0.1) is 0 Å². The maximum absolute atomic E-state index is 12.1. The number of hydrogen-bond donors (Lipinski definition) is 1. The van der Waals surface area contributed by atoms with Gasteiger partial charge in [0, 0.05) is 6.54 Å². The lowest BCUT2D eigenvalue weighted by molar-refractivity contribution is -0.148. The van der Waals surface area contributed by atoms with Crippen LogP contribution in [0.2, 0.25) is 0 Å². The summed E-state index contributed by atoms with van der Waals surface area (Å²) in [6.45, 7) is 4.39. The van der Waals surface area contributed by atoms with E-state index in [2.05, 4.69) is 11.4 Å². The fourth-order valence-corrected chi connectivity index (χ4v) is 2.82. The molecule has 18 heavy (non-hydrogen) atoms. The van der Waals surface area contributed by atoms with E-state index in [0.29, 0.717) is 13.0 Å². The molecule has 2 unspecified atom stereocenters. The van der Waals surface area contributed by atoms with Crippen LogP contribution in [0.25, 0.3) is 0 Å². The Kier molecular flexibility index (Phi) is 4.04. The van der Waals surface area contributed by atoms with E-state index >= 15 is 0 Å². The highest BCUT2D eigenvalue weighted by atomic mass is 16.2. The van der Waals surface area contributed by atoms with Gasteiger partial charge in [0.1, 0.15) is 12.1 Å². The topological polar surface area (TPSA) is 49.4 Å². The zero-order valence-electron chi connectivity index (χ0n) is 11.2. The van der Waals surface area contributed by atoms with E-state index < -0.39 is 0 Å². The fraction of sp³-hybridized carbons (Fsp3) is 0.714. The maximum atomic E-state index is 12.1. The Bertz CT molecular complexity index is 376. The summed E-state index contributed by atoms with van der Waals surface area (Å²) in [7, 11) is 0. The van der Waals surface area contributed by atoms with Crippen LogP contribution in [0.15, 0.2) is 11.6 Å². The van der Waals surface area contributed by atoms with Crippen molar-refractivity contribution in [3.63, 3.8) is 0 Å². The number of carbonyl (C=O) groups excluding carboxylic acids is 2. The summed E-state index contributed by atoms with van der Waals surface area (Å²) in [5.74, 6) is 0.0463. The molecule has 4 nitrogen and oxygen atoms in total. The van der Waals surface area contributed by atoms with E-state index in [1.54, 1.807) is 11.8 Å². The van der Waals surface area contributed by atoms with Gasteiger partial charge in [-0.25, -0.2) is 0 Å². The lowest BCUT2D eigenvalue weighted by Crippen LogP contribution is -2.62. The molecular formula is C14H22N2O2. The Labute approximate surface area is 108 Å². The predicted octanol–water partition coefficient (Wildman–Crippen LogP) is 1.61. The molecule has 0 radical (unpaired) electrons. The number of hydrogen-bond acceptors (Lipinski definition) is 2. The number of allylic oxidation sites excluding steroid dienone is 1. The van der Waals surface area contributed by atoms with Gasteiger partial charge in [0.2, 0.25) is 11.8 Å². The van der Waals surface area contributed by atoms with Gasteiger partial charge in [-0.15, -0.1) is 0 Å². The quantitative estimate of drug-likeness (QED) is 0.771. The van der Waals surface area contributed by atoms with E-state index in [9.17, 15) is 9.59 Å². The number of nitrogens with zero attached hydrogens (tertiary/aromatic N) is 1. The van der Waals surface area contributed by atoms with Crippen molar-refractivity contribution in [2.75, 3.05) is 6.54 Å². The van der Waals surface area contributed by atoms with Gasteiger partial charge in [-0.1, -0.05) is 18.6 Å². The fourth-order valence-electron chi connectivity index (χ4n) is 2.82. The number of amides is 2. The molecule has 2 rings (SSSR count). The molecule has 0 aromatic heterocycles. The number of piperazine rings is 1. The van der Waals surface area contributed by atoms with Crippen molar-refractivity contribution < 1.29 is 9.59 Å². The molecule has 0 aromatic carbocycles. The molecule has 0 aromatic rings. The van der Waals surface area contributed by atoms with Crippen molar-refractivity contribution in [1.82, 2.24) is 10.2 Å². The molecule has 1 N–H and O–H groups in total. The number of nitrogens with one attached hydrogen (secondary N) is 1. The first-order valence-corrected chi connectivity index (χ1v) is 6.92. The van der Waals surface area contributed by atoms with Crippen LogP contribution in [-0.2, 0) is 9.59 Å². The minimum atomic E-state index is -0.377. The van der Waals surface area contributed by atoms with E-state index in [0.717, 1.165) is 19.3 Å². The molecular weight excluding hydrogens is 228 g/mol. The largest absolute Gasteiger partial charge is 0.343 e. The van der Waals surface area contributed by atoms with Crippen LogP contribution in [0, 0.1) is 0 Å². The van der Waals surface area contributed by atoms with Gasteiger partial charge in [0.25, 0.3) is 0 Å². The predicted molar refractivity (Wildman–Crippen MR) is 69.9 cm³/mol. The third-order valence-corrected chi connectivity index (χ3v) is 3.89. The summed E-state index contributed by atoms with van der Waals surface area (Å²) in [5.41, 5.74) is 1.44. The maximum Gasteiger partial charge on any atom is 0.245 e. The van der Waals surface area contributed by atoms with Crippen LogP contribution in [0.4, 0.5) is 0 Å². The lowest BCUT2D eigenvalue weighted by atomic mass is 10.0. The monoisotopic (exact) mass is 250 g/mol. The molecule has 4 heteroatoms. The molecule has 0 bridgehead atoms. The summed E-state index contributed by atoms with van der Waals surface area (Å²) < 4.78 is 0. The standard InChI is InChI=1S/C14H22N2O2/c1-3-12-13(17)15-10(2)14(18)16(12)9-8-11-6-4-5-7-11/h6,10,12H,3-5,7-9H2,1-2H3,(H,15,17). The lowest BCUT2D eigenvalue weighted by Gasteiger charge is -2.37. The van der Waals surface area contributed by atoms with Gasteiger partial charge >= 0.3 is 0 Å². The first-order valence-electron chi connectivity index (χ1n) is 6.92. The molecule has 100 valence electrons. The summed E-state index contributed by atoms with van der Waals surface area (Å²) in [6, 6.07) is -0.659. The van der Waals surface area contributed by atoms with Crippen LogP contribution < -0.4 is 5.32 Å². The Hall–Kier alpha value is -1.32. The summed E-state index contributed by atoms with van der Waals surface area (Å²) in [4.78, 5) is 25.8. The molecule has 2 amide bonds. The van der Waals surface area contributed by atoms with E-state index in [4.69, 9.17) is 0 Å². The third-order valence-electron chi connectivity index (χ3n) is 3.89. The molecule has 0 saturated carbocycles. The van der Waals surface area contributed by atoms with E-state index in [-0.39, 0.29) is 23.9 Å². The minimum absolute atomic E-state index is 0.00926. The minimum Gasteiger partial charge on any atom is -0.343 e. The second-order valence-corrected chi connectivity index (χ2v) is 5.19. The SMILES string of the molecule is CCC1C(=O)NC(C)C(=O)N1CCC1=CCCC1. The van der Waals surface area contributed by atoms with Crippen LogP contribution in [0.1, 0.15) is 46.0 Å². The molecule has 2 aliphatic rings. The van der Waals surface area contributed by atoms with Crippen molar-refractivity contribution in [3.05, 3.63) is 11.6 Å². The smallest absolute Gasteiger partial charge is 0.245 e. The molecule has 0 spiro atoms. The zero-order chi connectivity index (χ0) is 13.1. The number of rotatable bonds is 4. The van der Waals surface area contributed by atoms with Gasteiger partial charge in [0.15, 0.2) is 0 Å². The van der Waals surface area contributed by atoms with Crippen molar-refractivity contribution in [2.45, 2.75) is 58.0 Å². The van der Waals surface area contributed by atoms with Crippen LogP contribution in [0.5, 0.6) is 0 Å². The third kappa shape index (κ3) is 2.57. The number of carbonyl (C=O) groups is 2. The molecule has 1 fully saturated rings. The van der Waals surface area contributed by atoms with Crippen LogP contribution in [0.3, 0.4) is 0 Å². The second-order valence-electron chi connectivity index (χ2n) is 5.19. The van der Waals surface area contributed by atoms with Crippen LogP contribution >= 0.6 is 0 Å². The van der Waals surface area contributed by atoms with Gasteiger partial charge in [-0.05, 0) is 39.0 Å². The molecule has 1 aliphatic heterocycles. The van der Waals surface area contributed by atoms with Gasteiger partial charge < -0.3 is 10.2 Å². The average Bonchev–Trinajstić information content (AvgIpc) is 2.85. The van der Waals surface area contributed by atoms with Gasteiger partial charge in [-0.2, -0.15) is 0 Å². The van der Waals surface area contributed by atoms with Crippen molar-refractivity contribution >= 4 is 11.8 Å². The molecule has 2 atom stereocenters. The van der Waals surface area contributed by atoms with Crippen LogP contribution in [-0.4, -0.2) is 35.3 Å². The van der Waals surface area contributed by atoms with Gasteiger partial charge in [-0.3, -0.25) is 9.59 Å². The summed E-state index contributed by atoms with van der Waals surface area (Å²) >= 11 is 0. The first-order chi connectivity index (χ1) is 8.63. The first kappa shape index (κ1) is 13.1. The molecule has 1 aliphatic carbocycles. The van der Waals surface area contributed by atoms with E-state index in [1.165, 1.54) is 12.0 Å². The highest BCUT2D eigenvalue weighted by molar-refractivity contribution is 5.96. The Morgan fingerprint density at radius 3 is 2.83 bits per heavy atom. The average molecular weight is 250 g/mol. The summed E-state index contributed by atoms with van der Waals surface area (Å²) in [5, 5.41) is 2.74. The summed E-state index contributed by atoms with van der Waals surface area (Å²) in [6.07, 6.45) is 7.43. The molecule has 1 saturated heterocycles. The Balaban J connectivity index is 2.01. The van der Waals surface area contributed by atoms with Crippen molar-refractivity contribution in [1.29, 1.82) is 0 Å². The highest BCUT2D eigenvalue weighted by Gasteiger charge is 2.37. The normalized spacial score (nSPS) is 28.3. The van der Waals surface area contributed by atoms with Crippen molar-refractivity contribution in [3.8, 4) is 0 Å². The second kappa shape index (κ2) is 5.55. The van der Waals surface area contributed by atoms with E-state index in [1.807, 2.05) is 6.92 Å². The Morgan fingerprint density at radius 2 is 2.22 bits per heavy atom. The zero-order valence-corrected chi connectivity index (χ0v) is 11.2. The highest BCUT2D eigenvalue weighted by Crippen LogP contribution is 2.22. The van der Waals surface area contributed by atoms with Crippen molar-refractivity contribution in [2.24, 2.45) is 0 Å².